The first-order chi connectivity index (χ1) is 12.6. The van der Waals surface area contributed by atoms with Crippen LogP contribution in [-0.2, 0) is 13.0 Å². The van der Waals surface area contributed by atoms with Gasteiger partial charge >= 0.3 is 0 Å². The molecule has 1 saturated heterocycles. The van der Waals surface area contributed by atoms with E-state index in [1.54, 1.807) is 0 Å². The van der Waals surface area contributed by atoms with Crippen LogP contribution in [0.4, 0.5) is 0 Å². The number of aromatic nitrogens is 2. The fraction of sp³-hybridized carbons (Fsp3) is 0.524. The van der Waals surface area contributed by atoms with Crippen molar-refractivity contribution < 1.29 is 4.79 Å². The zero-order valence-electron chi connectivity index (χ0n) is 15.4. The minimum atomic E-state index is 0.113. The number of piperidine rings is 1. The number of likely N-dealkylation sites (tertiary alicyclic amines) is 1. The van der Waals surface area contributed by atoms with Gasteiger partial charge in [-0.3, -0.25) is 4.79 Å². The quantitative estimate of drug-likeness (QED) is 0.760. The van der Waals surface area contributed by atoms with E-state index < -0.39 is 0 Å². The molecule has 138 valence electrons. The maximum Gasteiger partial charge on any atom is 0.274 e. The number of hydrogen-bond acceptors (Lipinski definition) is 2. The maximum atomic E-state index is 13.3. The number of amides is 1. The normalized spacial score (nSPS) is 20.5. The monoisotopic (exact) mass is 371 g/mol. The smallest absolute Gasteiger partial charge is 0.274 e. The Morgan fingerprint density at radius 1 is 1.12 bits per heavy atom. The molecule has 1 amide bonds. The number of imidazole rings is 1. The second-order valence-corrected chi connectivity index (χ2v) is 8.13. The number of rotatable bonds is 2. The Labute approximate surface area is 160 Å². The van der Waals surface area contributed by atoms with E-state index in [4.69, 9.17) is 16.6 Å². The molecular formula is C21H26ClN3O. The summed E-state index contributed by atoms with van der Waals surface area (Å²) in [5.74, 6) is 1.60. The van der Waals surface area contributed by atoms with Crippen LogP contribution in [0.25, 0.3) is 11.4 Å². The zero-order valence-corrected chi connectivity index (χ0v) is 16.1. The molecule has 3 heterocycles. The number of nitrogens with zero attached hydrogens (tertiary/aromatic N) is 3. The molecule has 0 spiro atoms. The number of hydrogen-bond donors (Lipinski definition) is 0. The molecule has 2 aliphatic rings. The van der Waals surface area contributed by atoms with Crippen molar-refractivity contribution in [3.8, 4) is 11.4 Å². The Bertz CT molecular complexity index is 796. The number of fused-ring (bicyclic) bond motifs is 1. The fourth-order valence-corrected chi connectivity index (χ4v) is 4.36. The van der Waals surface area contributed by atoms with Crippen LogP contribution in [0, 0.1) is 5.92 Å². The average Bonchev–Trinajstić information content (AvgIpc) is 2.83. The van der Waals surface area contributed by atoms with E-state index in [1.165, 1.54) is 12.8 Å². The van der Waals surface area contributed by atoms with Crippen molar-refractivity contribution in [2.75, 3.05) is 13.1 Å². The SMILES string of the molecule is C[C@H]1CCCN(C(=O)c2nc(-c3ccc(Cl)cc3)n3c2CCCCC3)C1. The predicted octanol–water partition coefficient (Wildman–Crippen LogP) is 4.80. The average molecular weight is 372 g/mol. The van der Waals surface area contributed by atoms with E-state index in [2.05, 4.69) is 11.5 Å². The first-order valence-electron chi connectivity index (χ1n) is 9.78. The molecule has 0 radical (unpaired) electrons. The van der Waals surface area contributed by atoms with Gasteiger partial charge in [0.25, 0.3) is 5.91 Å². The Balaban J connectivity index is 1.74. The fourth-order valence-electron chi connectivity index (χ4n) is 4.23. The lowest BCUT2D eigenvalue weighted by Gasteiger charge is -2.30. The van der Waals surface area contributed by atoms with Crippen LogP contribution in [0.15, 0.2) is 24.3 Å². The first-order valence-corrected chi connectivity index (χ1v) is 10.2. The molecule has 1 aromatic heterocycles. The molecule has 0 saturated carbocycles. The van der Waals surface area contributed by atoms with Crippen molar-refractivity contribution in [3.63, 3.8) is 0 Å². The van der Waals surface area contributed by atoms with Gasteiger partial charge in [0.1, 0.15) is 11.5 Å². The minimum Gasteiger partial charge on any atom is -0.337 e. The van der Waals surface area contributed by atoms with Gasteiger partial charge in [0.15, 0.2) is 0 Å². The standard InChI is InChI=1S/C21H26ClN3O/c1-15-6-5-12-24(14-15)21(26)19-18-7-3-2-4-13-25(18)20(23-19)16-8-10-17(22)11-9-16/h8-11,15H,2-7,12-14H2,1H3/t15-/m0/s1. The van der Waals surface area contributed by atoms with Gasteiger partial charge in [0, 0.05) is 30.2 Å². The lowest BCUT2D eigenvalue weighted by atomic mass is 10.00. The van der Waals surface area contributed by atoms with Crippen LogP contribution in [0.2, 0.25) is 5.02 Å². The topological polar surface area (TPSA) is 38.1 Å². The molecule has 0 N–H and O–H groups in total. The van der Waals surface area contributed by atoms with Crippen molar-refractivity contribution in [1.29, 1.82) is 0 Å². The third-order valence-electron chi connectivity index (χ3n) is 5.62. The molecule has 2 aliphatic heterocycles. The summed E-state index contributed by atoms with van der Waals surface area (Å²) in [6, 6.07) is 7.78. The molecule has 4 rings (SSSR count). The van der Waals surface area contributed by atoms with Gasteiger partial charge in [0.05, 0.1) is 5.69 Å². The van der Waals surface area contributed by atoms with E-state index in [0.29, 0.717) is 11.6 Å². The summed E-state index contributed by atoms with van der Waals surface area (Å²) in [7, 11) is 0. The van der Waals surface area contributed by atoms with Gasteiger partial charge in [0.2, 0.25) is 0 Å². The van der Waals surface area contributed by atoms with Crippen molar-refractivity contribution >= 4 is 17.5 Å². The molecule has 2 aromatic rings. The zero-order chi connectivity index (χ0) is 18.1. The highest BCUT2D eigenvalue weighted by molar-refractivity contribution is 6.30. The highest BCUT2D eigenvalue weighted by Crippen LogP contribution is 2.29. The maximum absolute atomic E-state index is 13.3. The van der Waals surface area contributed by atoms with Crippen molar-refractivity contribution in [2.24, 2.45) is 5.92 Å². The number of benzene rings is 1. The van der Waals surface area contributed by atoms with Gasteiger partial charge in [-0.2, -0.15) is 0 Å². The summed E-state index contributed by atoms with van der Waals surface area (Å²) < 4.78 is 2.27. The molecule has 5 heteroatoms. The molecule has 0 bridgehead atoms. The second kappa shape index (κ2) is 7.43. The Morgan fingerprint density at radius 2 is 1.92 bits per heavy atom. The molecule has 0 unspecified atom stereocenters. The lowest BCUT2D eigenvalue weighted by molar-refractivity contribution is 0.0676. The molecular weight excluding hydrogens is 346 g/mol. The van der Waals surface area contributed by atoms with E-state index in [0.717, 1.165) is 67.4 Å². The van der Waals surface area contributed by atoms with Gasteiger partial charge in [-0.25, -0.2) is 4.98 Å². The number of carbonyl (C=O) groups excluding carboxylic acids is 1. The minimum absolute atomic E-state index is 0.113. The Morgan fingerprint density at radius 3 is 2.69 bits per heavy atom. The van der Waals surface area contributed by atoms with Crippen molar-refractivity contribution in [2.45, 2.75) is 52.0 Å². The van der Waals surface area contributed by atoms with Gasteiger partial charge in [-0.15, -0.1) is 0 Å². The van der Waals surface area contributed by atoms with Crippen LogP contribution in [-0.4, -0.2) is 33.4 Å². The van der Waals surface area contributed by atoms with Crippen LogP contribution in [0.5, 0.6) is 0 Å². The van der Waals surface area contributed by atoms with E-state index in [9.17, 15) is 4.79 Å². The van der Waals surface area contributed by atoms with Crippen molar-refractivity contribution in [1.82, 2.24) is 14.5 Å². The van der Waals surface area contributed by atoms with Gasteiger partial charge in [-0.05, 0) is 62.3 Å². The number of carbonyl (C=O) groups is 1. The van der Waals surface area contributed by atoms with E-state index >= 15 is 0 Å². The summed E-state index contributed by atoms with van der Waals surface area (Å²) in [4.78, 5) is 20.1. The van der Waals surface area contributed by atoms with Gasteiger partial charge < -0.3 is 9.47 Å². The van der Waals surface area contributed by atoms with Crippen LogP contribution < -0.4 is 0 Å². The van der Waals surface area contributed by atoms with E-state index in [-0.39, 0.29) is 5.91 Å². The van der Waals surface area contributed by atoms with Crippen LogP contribution >= 0.6 is 11.6 Å². The predicted molar refractivity (Wildman–Crippen MR) is 105 cm³/mol. The summed E-state index contributed by atoms with van der Waals surface area (Å²) in [6.07, 6.45) is 6.70. The molecule has 1 atom stereocenters. The first kappa shape index (κ1) is 17.6. The van der Waals surface area contributed by atoms with Gasteiger partial charge in [-0.1, -0.05) is 24.9 Å². The molecule has 4 nitrogen and oxygen atoms in total. The Hall–Kier alpha value is -1.81. The third-order valence-corrected chi connectivity index (χ3v) is 5.87. The van der Waals surface area contributed by atoms with Crippen LogP contribution in [0.3, 0.4) is 0 Å². The van der Waals surface area contributed by atoms with Crippen LogP contribution in [0.1, 0.15) is 55.2 Å². The highest BCUT2D eigenvalue weighted by atomic mass is 35.5. The molecule has 0 aliphatic carbocycles. The molecule has 1 aromatic carbocycles. The molecule has 26 heavy (non-hydrogen) atoms. The highest BCUT2D eigenvalue weighted by Gasteiger charge is 2.29. The van der Waals surface area contributed by atoms with E-state index in [1.807, 2.05) is 29.2 Å². The third kappa shape index (κ3) is 3.39. The lowest BCUT2D eigenvalue weighted by Crippen LogP contribution is -2.39. The molecule has 1 fully saturated rings. The summed E-state index contributed by atoms with van der Waals surface area (Å²) >= 11 is 6.05. The summed E-state index contributed by atoms with van der Waals surface area (Å²) in [5, 5.41) is 0.718. The summed E-state index contributed by atoms with van der Waals surface area (Å²) in [5.41, 5.74) is 2.82. The largest absolute Gasteiger partial charge is 0.337 e. The summed E-state index contributed by atoms with van der Waals surface area (Å²) in [6.45, 7) is 4.86. The Kier molecular flexibility index (Phi) is 5.03. The number of halogens is 1. The van der Waals surface area contributed by atoms with Crippen molar-refractivity contribution in [3.05, 3.63) is 40.7 Å². The second-order valence-electron chi connectivity index (χ2n) is 7.70.